The van der Waals surface area contributed by atoms with Gasteiger partial charge in [-0.15, -0.1) is 11.8 Å². The Balaban J connectivity index is 1.46. The number of thioether (sulfide) groups is 1. The number of aromatic nitrogens is 5. The summed E-state index contributed by atoms with van der Waals surface area (Å²) >= 11 is 1.76. The Labute approximate surface area is 189 Å². The molecule has 164 valence electrons. The first-order valence-electron chi connectivity index (χ1n) is 10.1. The molecule has 0 radical (unpaired) electrons. The zero-order chi connectivity index (χ0) is 22.5. The molecule has 1 aromatic carbocycles. The van der Waals surface area contributed by atoms with Gasteiger partial charge in [-0.3, -0.25) is 9.48 Å². The predicted octanol–water partition coefficient (Wildman–Crippen LogP) is 3.96. The van der Waals surface area contributed by atoms with Crippen molar-refractivity contribution in [3.63, 3.8) is 0 Å². The average molecular weight is 450 g/mol. The van der Waals surface area contributed by atoms with E-state index >= 15 is 0 Å². The van der Waals surface area contributed by atoms with Gasteiger partial charge < -0.3 is 15.1 Å². The number of nitrogens with zero attached hydrogens (tertiary/aromatic N) is 5. The molecule has 0 saturated carbocycles. The Morgan fingerprint density at radius 2 is 2.12 bits per heavy atom. The fraction of sp³-hybridized carbons (Fsp3) is 0.227. The number of oxazole rings is 1. The number of aryl methyl sites for hydroxylation is 2. The number of hydrogen-bond donors (Lipinski definition) is 2. The third-order valence-corrected chi connectivity index (χ3v) is 5.51. The quantitative estimate of drug-likeness (QED) is 0.389. The van der Waals surface area contributed by atoms with Crippen LogP contribution >= 0.6 is 11.8 Å². The molecule has 0 unspecified atom stereocenters. The van der Waals surface area contributed by atoms with Gasteiger partial charge in [-0.2, -0.15) is 5.10 Å². The Hall–Kier alpha value is -3.66. The molecule has 0 fully saturated rings. The molecule has 0 spiro atoms. The van der Waals surface area contributed by atoms with Crippen LogP contribution in [-0.2, 0) is 13.6 Å². The van der Waals surface area contributed by atoms with Crippen LogP contribution in [0.3, 0.4) is 0 Å². The molecule has 0 aliphatic rings. The van der Waals surface area contributed by atoms with Crippen molar-refractivity contribution < 1.29 is 9.21 Å². The zero-order valence-electron chi connectivity index (χ0n) is 18.0. The lowest BCUT2D eigenvalue weighted by atomic mass is 10.2. The number of amides is 1. The van der Waals surface area contributed by atoms with Gasteiger partial charge in [0.05, 0.1) is 6.20 Å². The summed E-state index contributed by atoms with van der Waals surface area (Å²) in [7, 11) is 1.82. The Morgan fingerprint density at radius 1 is 1.25 bits per heavy atom. The molecule has 0 bridgehead atoms. The van der Waals surface area contributed by atoms with Crippen LogP contribution < -0.4 is 10.6 Å². The van der Waals surface area contributed by atoms with Gasteiger partial charge in [0.1, 0.15) is 23.5 Å². The molecule has 2 N–H and O–H groups in total. The number of anilines is 2. The van der Waals surface area contributed by atoms with Crippen molar-refractivity contribution >= 4 is 29.4 Å². The van der Waals surface area contributed by atoms with Gasteiger partial charge >= 0.3 is 5.91 Å². The molecule has 3 heterocycles. The molecule has 4 rings (SSSR count). The van der Waals surface area contributed by atoms with E-state index in [9.17, 15) is 4.79 Å². The SMILES string of the molecule is CCSc1cccc(CNC(=O)c2nc(-c3nc(Nc4ccnn4C)ncc3C)co2)c1. The Morgan fingerprint density at radius 3 is 2.91 bits per heavy atom. The molecule has 3 aromatic heterocycles. The Bertz CT molecular complexity index is 1230. The minimum Gasteiger partial charge on any atom is -0.440 e. The fourth-order valence-electron chi connectivity index (χ4n) is 3.03. The van der Waals surface area contributed by atoms with Gasteiger partial charge in [-0.05, 0) is 35.9 Å². The number of carbonyl (C=O) groups excluding carboxylic acids is 1. The first kappa shape index (κ1) is 21.6. The van der Waals surface area contributed by atoms with E-state index in [2.05, 4.69) is 49.7 Å². The van der Waals surface area contributed by atoms with Gasteiger partial charge in [0.25, 0.3) is 5.89 Å². The van der Waals surface area contributed by atoms with Crippen LogP contribution in [0.5, 0.6) is 0 Å². The lowest BCUT2D eigenvalue weighted by Crippen LogP contribution is -2.23. The molecule has 9 nitrogen and oxygen atoms in total. The van der Waals surface area contributed by atoms with Gasteiger partial charge in [0.15, 0.2) is 0 Å². The first-order chi connectivity index (χ1) is 15.5. The van der Waals surface area contributed by atoms with Gasteiger partial charge in [-0.1, -0.05) is 19.1 Å². The lowest BCUT2D eigenvalue weighted by Gasteiger charge is -2.07. The van der Waals surface area contributed by atoms with E-state index < -0.39 is 0 Å². The highest BCUT2D eigenvalue weighted by atomic mass is 32.2. The molecule has 1 amide bonds. The van der Waals surface area contributed by atoms with E-state index in [0.717, 1.165) is 22.7 Å². The van der Waals surface area contributed by atoms with Gasteiger partial charge in [0, 0.05) is 30.8 Å². The molecule has 32 heavy (non-hydrogen) atoms. The molecule has 4 aromatic rings. The van der Waals surface area contributed by atoms with Crippen LogP contribution in [0.2, 0.25) is 0 Å². The van der Waals surface area contributed by atoms with E-state index in [4.69, 9.17) is 4.42 Å². The summed E-state index contributed by atoms with van der Waals surface area (Å²) in [5.41, 5.74) is 2.87. The average Bonchev–Trinajstić information content (AvgIpc) is 3.43. The van der Waals surface area contributed by atoms with Crippen LogP contribution in [0, 0.1) is 6.92 Å². The number of benzene rings is 1. The largest absolute Gasteiger partial charge is 0.440 e. The second-order valence-electron chi connectivity index (χ2n) is 6.99. The molecule has 0 atom stereocenters. The van der Waals surface area contributed by atoms with E-state index in [0.29, 0.717) is 23.9 Å². The molecular weight excluding hydrogens is 426 g/mol. The third-order valence-electron chi connectivity index (χ3n) is 4.64. The first-order valence-corrected chi connectivity index (χ1v) is 11.1. The van der Waals surface area contributed by atoms with Crippen molar-refractivity contribution in [2.24, 2.45) is 7.05 Å². The highest BCUT2D eigenvalue weighted by Crippen LogP contribution is 2.23. The monoisotopic (exact) mass is 449 g/mol. The zero-order valence-corrected chi connectivity index (χ0v) is 18.8. The summed E-state index contributed by atoms with van der Waals surface area (Å²) < 4.78 is 7.11. The van der Waals surface area contributed by atoms with E-state index in [1.54, 1.807) is 28.8 Å². The highest BCUT2D eigenvalue weighted by Gasteiger charge is 2.17. The van der Waals surface area contributed by atoms with Crippen molar-refractivity contribution in [1.82, 2.24) is 30.0 Å². The number of rotatable bonds is 8. The third kappa shape index (κ3) is 4.97. The summed E-state index contributed by atoms with van der Waals surface area (Å²) in [4.78, 5) is 26.9. The van der Waals surface area contributed by atoms with Crippen LogP contribution in [0.4, 0.5) is 11.8 Å². The number of carbonyl (C=O) groups is 1. The maximum Gasteiger partial charge on any atom is 0.307 e. The summed E-state index contributed by atoms with van der Waals surface area (Å²) in [5, 5.41) is 10.1. The molecule has 0 aliphatic heterocycles. The highest BCUT2D eigenvalue weighted by molar-refractivity contribution is 7.99. The number of hydrogen-bond acceptors (Lipinski definition) is 8. The number of nitrogens with one attached hydrogen (secondary N) is 2. The van der Waals surface area contributed by atoms with Crippen molar-refractivity contribution in [1.29, 1.82) is 0 Å². The Kier molecular flexibility index (Phi) is 6.50. The second-order valence-corrected chi connectivity index (χ2v) is 8.33. The summed E-state index contributed by atoms with van der Waals surface area (Å²) in [5.74, 6) is 1.74. The minimum absolute atomic E-state index is 0.0155. The second kappa shape index (κ2) is 9.65. The summed E-state index contributed by atoms with van der Waals surface area (Å²) in [6, 6.07) is 9.90. The van der Waals surface area contributed by atoms with Crippen LogP contribution in [0.15, 0.2) is 58.3 Å². The molecular formula is C22H23N7O2S. The van der Waals surface area contributed by atoms with E-state index in [-0.39, 0.29) is 11.8 Å². The standard InChI is InChI=1S/C22H23N7O2S/c1-4-32-16-7-5-6-15(10-16)12-23-20(30)21-26-17(13-31-21)19-14(2)11-24-22(28-19)27-18-8-9-25-29(18)3/h5-11,13H,4,12H2,1-3H3,(H,23,30)(H,24,27,28). The fourth-order valence-corrected chi connectivity index (χ4v) is 3.77. The van der Waals surface area contributed by atoms with Gasteiger partial charge in [0.2, 0.25) is 5.95 Å². The maximum atomic E-state index is 12.5. The van der Waals surface area contributed by atoms with Gasteiger partial charge in [-0.25, -0.2) is 15.0 Å². The molecule has 0 saturated heterocycles. The van der Waals surface area contributed by atoms with Crippen LogP contribution in [0.25, 0.3) is 11.4 Å². The predicted molar refractivity (Wildman–Crippen MR) is 123 cm³/mol. The molecule has 0 aliphatic carbocycles. The topological polar surface area (TPSA) is 111 Å². The maximum absolute atomic E-state index is 12.5. The van der Waals surface area contributed by atoms with Crippen LogP contribution in [0.1, 0.15) is 28.7 Å². The van der Waals surface area contributed by atoms with Crippen molar-refractivity contribution in [3.05, 3.63) is 66.0 Å². The summed E-state index contributed by atoms with van der Waals surface area (Å²) in [6.07, 6.45) is 4.80. The van der Waals surface area contributed by atoms with Crippen molar-refractivity contribution in [3.8, 4) is 11.4 Å². The molecule has 10 heteroatoms. The van der Waals surface area contributed by atoms with Crippen molar-refractivity contribution in [2.75, 3.05) is 11.1 Å². The summed E-state index contributed by atoms with van der Waals surface area (Å²) in [6.45, 7) is 4.37. The lowest BCUT2D eigenvalue weighted by molar-refractivity contribution is 0.0916. The van der Waals surface area contributed by atoms with E-state index in [1.165, 1.54) is 11.2 Å². The normalized spacial score (nSPS) is 10.8. The smallest absolute Gasteiger partial charge is 0.307 e. The van der Waals surface area contributed by atoms with E-state index in [1.807, 2.05) is 32.2 Å². The van der Waals surface area contributed by atoms with Crippen LogP contribution in [-0.4, -0.2) is 36.4 Å². The minimum atomic E-state index is -0.384. The van der Waals surface area contributed by atoms with Crippen molar-refractivity contribution in [2.45, 2.75) is 25.3 Å².